The highest BCUT2D eigenvalue weighted by atomic mass is 32.2. The number of carbonyl (C=O) groups is 1. The molecular formula is C24H41N5O4S. The quantitative estimate of drug-likeness (QED) is 0.385. The molecule has 3 rings (SSSR count). The number of pyridine rings is 1. The Labute approximate surface area is 204 Å². The average Bonchev–Trinajstić information content (AvgIpc) is 3.37. The van der Waals surface area contributed by atoms with Gasteiger partial charge in [-0.25, -0.2) is 13.2 Å². The van der Waals surface area contributed by atoms with Crippen LogP contribution in [0.3, 0.4) is 0 Å². The fourth-order valence-electron chi connectivity index (χ4n) is 4.71. The lowest BCUT2D eigenvalue weighted by Gasteiger charge is -2.30. The van der Waals surface area contributed by atoms with E-state index in [1.54, 1.807) is 24.5 Å². The van der Waals surface area contributed by atoms with Crippen LogP contribution in [0, 0.1) is 0 Å². The van der Waals surface area contributed by atoms with Crippen LogP contribution < -0.4 is 10.6 Å². The van der Waals surface area contributed by atoms with Crippen molar-refractivity contribution in [1.29, 1.82) is 0 Å². The standard InChI is InChI=1S/C24H41N5O4S/c30-24(27-22-10-13-25-14-11-22)26-12-5-1-2-6-21-34(31,32)29(23-8-3-4-9-23)16-7-15-28-17-19-33-20-18-28/h10-11,13-14,23H,1-9,12,15-21H2,(H2,25,26,27,30). The molecule has 34 heavy (non-hydrogen) atoms. The monoisotopic (exact) mass is 495 g/mol. The highest BCUT2D eigenvalue weighted by molar-refractivity contribution is 7.89. The lowest BCUT2D eigenvalue weighted by atomic mass is 10.2. The first-order valence-electron chi connectivity index (χ1n) is 12.8. The van der Waals surface area contributed by atoms with Gasteiger partial charge in [0.25, 0.3) is 0 Å². The van der Waals surface area contributed by atoms with Crippen LogP contribution in [0.5, 0.6) is 0 Å². The summed E-state index contributed by atoms with van der Waals surface area (Å²) >= 11 is 0. The molecule has 1 saturated carbocycles. The van der Waals surface area contributed by atoms with Gasteiger partial charge in [0.05, 0.1) is 19.0 Å². The molecule has 2 heterocycles. The van der Waals surface area contributed by atoms with Gasteiger partial charge in [0.1, 0.15) is 0 Å². The van der Waals surface area contributed by atoms with Crippen molar-refractivity contribution in [2.75, 3.05) is 57.0 Å². The first-order chi connectivity index (χ1) is 16.5. The molecule has 1 aliphatic carbocycles. The molecule has 1 aliphatic heterocycles. The summed E-state index contributed by atoms with van der Waals surface area (Å²) in [7, 11) is -3.24. The number of amides is 2. The van der Waals surface area contributed by atoms with E-state index in [-0.39, 0.29) is 17.8 Å². The van der Waals surface area contributed by atoms with Crippen molar-refractivity contribution in [3.05, 3.63) is 24.5 Å². The molecule has 1 aromatic heterocycles. The van der Waals surface area contributed by atoms with Gasteiger partial charge < -0.3 is 15.4 Å². The maximum atomic E-state index is 13.2. The minimum Gasteiger partial charge on any atom is -0.379 e. The van der Waals surface area contributed by atoms with Crippen molar-refractivity contribution < 1.29 is 17.9 Å². The minimum atomic E-state index is -3.24. The van der Waals surface area contributed by atoms with Crippen molar-refractivity contribution >= 4 is 21.7 Å². The second-order valence-corrected chi connectivity index (χ2v) is 11.2. The second-order valence-electron chi connectivity index (χ2n) is 9.20. The Kier molecular flexibility index (Phi) is 11.5. The molecule has 0 radical (unpaired) electrons. The molecule has 0 aromatic carbocycles. The van der Waals surface area contributed by atoms with E-state index in [1.165, 1.54) is 0 Å². The summed E-state index contributed by atoms with van der Waals surface area (Å²) in [5, 5.41) is 5.59. The summed E-state index contributed by atoms with van der Waals surface area (Å²) in [6.07, 6.45) is 11.6. The second kappa shape index (κ2) is 14.6. The Hall–Kier alpha value is -1.75. The summed E-state index contributed by atoms with van der Waals surface area (Å²) in [5.41, 5.74) is 0.703. The third-order valence-electron chi connectivity index (χ3n) is 6.60. The third-order valence-corrected chi connectivity index (χ3v) is 8.60. The zero-order chi connectivity index (χ0) is 24.1. The van der Waals surface area contributed by atoms with E-state index in [4.69, 9.17) is 4.74 Å². The van der Waals surface area contributed by atoms with Gasteiger partial charge in [-0.2, -0.15) is 4.31 Å². The molecule has 1 saturated heterocycles. The number of rotatable bonds is 14. The molecular weight excluding hydrogens is 454 g/mol. The van der Waals surface area contributed by atoms with E-state index < -0.39 is 10.0 Å². The van der Waals surface area contributed by atoms with E-state index in [0.29, 0.717) is 25.2 Å². The number of nitrogens with one attached hydrogen (secondary N) is 2. The number of morpholine rings is 1. The van der Waals surface area contributed by atoms with Gasteiger partial charge in [-0.15, -0.1) is 0 Å². The predicted molar refractivity (Wildman–Crippen MR) is 134 cm³/mol. The zero-order valence-electron chi connectivity index (χ0n) is 20.3. The van der Waals surface area contributed by atoms with Gasteiger partial charge in [-0.1, -0.05) is 25.7 Å². The topological polar surface area (TPSA) is 104 Å². The molecule has 2 N–H and O–H groups in total. The molecule has 2 fully saturated rings. The highest BCUT2D eigenvalue weighted by Gasteiger charge is 2.31. The van der Waals surface area contributed by atoms with E-state index in [0.717, 1.165) is 84.2 Å². The van der Waals surface area contributed by atoms with Crippen LogP contribution in [0.2, 0.25) is 0 Å². The Morgan fingerprint density at radius 2 is 1.76 bits per heavy atom. The number of urea groups is 1. The highest BCUT2D eigenvalue weighted by Crippen LogP contribution is 2.26. The van der Waals surface area contributed by atoms with Crippen LogP contribution in [0.25, 0.3) is 0 Å². The Morgan fingerprint density at radius 1 is 1.06 bits per heavy atom. The maximum Gasteiger partial charge on any atom is 0.319 e. The molecule has 1 aromatic rings. The van der Waals surface area contributed by atoms with E-state index in [9.17, 15) is 13.2 Å². The number of ether oxygens (including phenoxy) is 1. The normalized spacial score (nSPS) is 17.8. The fraction of sp³-hybridized carbons (Fsp3) is 0.750. The molecule has 9 nitrogen and oxygen atoms in total. The number of hydrogen-bond donors (Lipinski definition) is 2. The third kappa shape index (κ3) is 9.48. The Balaban J connectivity index is 1.32. The van der Waals surface area contributed by atoms with Crippen LogP contribution in [0.4, 0.5) is 10.5 Å². The van der Waals surface area contributed by atoms with Gasteiger partial charge in [-0.05, 0) is 50.8 Å². The van der Waals surface area contributed by atoms with E-state index in [2.05, 4.69) is 20.5 Å². The van der Waals surface area contributed by atoms with Crippen molar-refractivity contribution in [1.82, 2.24) is 19.5 Å². The number of sulfonamides is 1. The smallest absolute Gasteiger partial charge is 0.319 e. The first kappa shape index (κ1) is 26.8. The SMILES string of the molecule is O=C(NCCCCCCS(=O)(=O)N(CCCN1CCOCC1)C1CCCC1)Nc1ccncc1. The summed E-state index contributed by atoms with van der Waals surface area (Å²) in [5.74, 6) is 0.219. The maximum absolute atomic E-state index is 13.2. The molecule has 2 amide bonds. The van der Waals surface area contributed by atoms with Crippen LogP contribution in [0.1, 0.15) is 57.8 Å². The molecule has 10 heteroatoms. The number of anilines is 1. The lowest BCUT2D eigenvalue weighted by Crippen LogP contribution is -2.43. The number of carbonyl (C=O) groups excluding carboxylic acids is 1. The summed E-state index contributed by atoms with van der Waals surface area (Å²) in [6.45, 7) is 5.56. The zero-order valence-corrected chi connectivity index (χ0v) is 21.1. The van der Waals surface area contributed by atoms with Crippen molar-refractivity contribution in [3.8, 4) is 0 Å². The molecule has 192 valence electrons. The lowest BCUT2D eigenvalue weighted by molar-refractivity contribution is 0.0366. The first-order valence-corrected chi connectivity index (χ1v) is 14.4. The fourth-order valence-corrected chi connectivity index (χ4v) is 6.58. The van der Waals surface area contributed by atoms with Crippen molar-refractivity contribution in [3.63, 3.8) is 0 Å². The number of nitrogens with zero attached hydrogens (tertiary/aromatic N) is 3. The van der Waals surface area contributed by atoms with E-state index in [1.807, 2.05) is 4.31 Å². The predicted octanol–water partition coefficient (Wildman–Crippen LogP) is 3.06. The molecule has 0 unspecified atom stereocenters. The van der Waals surface area contributed by atoms with Crippen LogP contribution in [-0.2, 0) is 14.8 Å². The van der Waals surface area contributed by atoms with Gasteiger partial charge in [0, 0.05) is 50.3 Å². The van der Waals surface area contributed by atoms with Crippen LogP contribution in [-0.4, -0.2) is 86.4 Å². The van der Waals surface area contributed by atoms with Crippen LogP contribution in [0.15, 0.2) is 24.5 Å². The number of unbranched alkanes of at least 4 members (excludes halogenated alkanes) is 3. The van der Waals surface area contributed by atoms with Crippen molar-refractivity contribution in [2.45, 2.75) is 63.8 Å². The summed E-state index contributed by atoms with van der Waals surface area (Å²) < 4.78 is 33.6. The molecule has 0 bridgehead atoms. The van der Waals surface area contributed by atoms with Gasteiger partial charge in [-0.3, -0.25) is 9.88 Å². The Morgan fingerprint density at radius 3 is 2.50 bits per heavy atom. The Bertz CT molecular complexity index is 812. The summed E-state index contributed by atoms with van der Waals surface area (Å²) in [4.78, 5) is 18.2. The molecule has 2 aliphatic rings. The number of aromatic nitrogens is 1. The number of hydrogen-bond acceptors (Lipinski definition) is 6. The minimum absolute atomic E-state index is 0.179. The van der Waals surface area contributed by atoms with Gasteiger partial charge in [0.15, 0.2) is 0 Å². The largest absolute Gasteiger partial charge is 0.379 e. The summed E-state index contributed by atoms with van der Waals surface area (Å²) in [6, 6.07) is 3.41. The molecule has 0 atom stereocenters. The van der Waals surface area contributed by atoms with Crippen LogP contribution >= 0.6 is 0 Å². The molecule has 0 spiro atoms. The van der Waals surface area contributed by atoms with E-state index >= 15 is 0 Å². The van der Waals surface area contributed by atoms with Gasteiger partial charge in [0.2, 0.25) is 10.0 Å². The van der Waals surface area contributed by atoms with Gasteiger partial charge >= 0.3 is 6.03 Å². The average molecular weight is 496 g/mol. The van der Waals surface area contributed by atoms with Crippen molar-refractivity contribution in [2.24, 2.45) is 0 Å².